The Bertz CT molecular complexity index is 365. The van der Waals surface area contributed by atoms with Gasteiger partial charge < -0.3 is 10.2 Å². The van der Waals surface area contributed by atoms with Crippen molar-refractivity contribution in [2.24, 2.45) is 0 Å². The second-order valence-electron chi connectivity index (χ2n) is 4.09. The minimum atomic E-state index is 0.243. The van der Waals surface area contributed by atoms with Crippen molar-refractivity contribution in [2.45, 2.75) is 17.9 Å². The van der Waals surface area contributed by atoms with E-state index in [0.717, 1.165) is 24.5 Å². The highest BCUT2D eigenvalue weighted by atomic mass is 32.2. The average molecular weight is 250 g/mol. The largest absolute Gasteiger partial charge is 0.337 e. The molecule has 0 aliphatic carbocycles. The van der Waals surface area contributed by atoms with E-state index in [1.165, 1.54) is 0 Å². The standard InChI is InChI=1S/C13H18N2OS/c1-2-15(11-8-14-9-11)13(16)10-17-12-6-4-3-5-7-12/h3-7,11,14H,2,8-10H2,1H3. The number of carbonyl (C=O) groups excluding carboxylic acids is 1. The number of nitrogens with one attached hydrogen (secondary N) is 1. The van der Waals surface area contributed by atoms with E-state index in [-0.39, 0.29) is 5.91 Å². The summed E-state index contributed by atoms with van der Waals surface area (Å²) < 4.78 is 0. The molecule has 3 nitrogen and oxygen atoms in total. The number of hydrogen-bond acceptors (Lipinski definition) is 3. The van der Waals surface area contributed by atoms with E-state index in [0.29, 0.717) is 11.8 Å². The number of nitrogens with zero attached hydrogens (tertiary/aromatic N) is 1. The lowest BCUT2D eigenvalue weighted by Gasteiger charge is -2.37. The number of benzene rings is 1. The summed E-state index contributed by atoms with van der Waals surface area (Å²) in [5.74, 6) is 0.779. The molecule has 1 aromatic carbocycles. The molecule has 1 fully saturated rings. The number of hydrogen-bond donors (Lipinski definition) is 1. The molecule has 0 bridgehead atoms. The quantitative estimate of drug-likeness (QED) is 0.806. The molecule has 1 aliphatic rings. The van der Waals surface area contributed by atoms with Crippen molar-refractivity contribution in [1.29, 1.82) is 0 Å². The lowest BCUT2D eigenvalue weighted by molar-refractivity contribution is -0.131. The van der Waals surface area contributed by atoms with Crippen LogP contribution in [0.15, 0.2) is 35.2 Å². The summed E-state index contributed by atoms with van der Waals surface area (Å²) in [5.41, 5.74) is 0. The third-order valence-electron chi connectivity index (χ3n) is 2.97. The van der Waals surface area contributed by atoms with Crippen molar-refractivity contribution in [1.82, 2.24) is 10.2 Å². The Labute approximate surface area is 107 Å². The summed E-state index contributed by atoms with van der Waals surface area (Å²) in [5, 5.41) is 3.20. The van der Waals surface area contributed by atoms with Gasteiger partial charge in [0.05, 0.1) is 11.8 Å². The van der Waals surface area contributed by atoms with Crippen molar-refractivity contribution < 1.29 is 4.79 Å². The predicted molar refractivity (Wildman–Crippen MR) is 71.2 cm³/mol. The van der Waals surface area contributed by atoms with Gasteiger partial charge in [-0.3, -0.25) is 4.79 Å². The second kappa shape index (κ2) is 6.07. The van der Waals surface area contributed by atoms with Crippen LogP contribution in [0.4, 0.5) is 0 Å². The van der Waals surface area contributed by atoms with Gasteiger partial charge in [0.25, 0.3) is 0 Å². The molecule has 2 rings (SSSR count). The SMILES string of the molecule is CCN(C(=O)CSc1ccccc1)C1CNC1. The van der Waals surface area contributed by atoms with Gasteiger partial charge in [-0.05, 0) is 19.1 Å². The van der Waals surface area contributed by atoms with E-state index in [2.05, 4.69) is 5.32 Å². The molecule has 0 atom stereocenters. The van der Waals surface area contributed by atoms with Crippen LogP contribution in [0.5, 0.6) is 0 Å². The first-order valence-electron chi connectivity index (χ1n) is 5.99. The number of likely N-dealkylation sites (N-methyl/N-ethyl adjacent to an activating group) is 1. The average Bonchev–Trinajstić information content (AvgIpc) is 2.31. The Morgan fingerprint density at radius 1 is 1.41 bits per heavy atom. The van der Waals surface area contributed by atoms with Crippen LogP contribution >= 0.6 is 11.8 Å². The molecule has 1 aliphatic heterocycles. The molecule has 0 radical (unpaired) electrons. The zero-order chi connectivity index (χ0) is 12.1. The van der Waals surface area contributed by atoms with Crippen LogP contribution in [0.3, 0.4) is 0 Å². The number of thioether (sulfide) groups is 1. The zero-order valence-corrected chi connectivity index (χ0v) is 10.9. The normalized spacial score (nSPS) is 15.4. The van der Waals surface area contributed by atoms with Crippen molar-refractivity contribution in [3.63, 3.8) is 0 Å². The minimum Gasteiger partial charge on any atom is -0.337 e. The summed E-state index contributed by atoms with van der Waals surface area (Å²) in [6, 6.07) is 10.5. The van der Waals surface area contributed by atoms with E-state index in [1.807, 2.05) is 42.2 Å². The van der Waals surface area contributed by atoms with Gasteiger partial charge in [-0.2, -0.15) is 0 Å². The Hall–Kier alpha value is -1.00. The minimum absolute atomic E-state index is 0.243. The second-order valence-corrected chi connectivity index (χ2v) is 5.14. The van der Waals surface area contributed by atoms with E-state index in [9.17, 15) is 4.79 Å². The maximum absolute atomic E-state index is 12.1. The molecule has 1 N–H and O–H groups in total. The van der Waals surface area contributed by atoms with Crippen LogP contribution in [0.2, 0.25) is 0 Å². The lowest BCUT2D eigenvalue weighted by atomic mass is 10.1. The van der Waals surface area contributed by atoms with Crippen molar-refractivity contribution >= 4 is 17.7 Å². The van der Waals surface area contributed by atoms with Crippen molar-refractivity contribution in [3.05, 3.63) is 30.3 Å². The van der Waals surface area contributed by atoms with E-state index in [4.69, 9.17) is 0 Å². The van der Waals surface area contributed by atoms with Crippen LogP contribution in [0.1, 0.15) is 6.92 Å². The number of rotatable bonds is 5. The zero-order valence-electron chi connectivity index (χ0n) is 10.1. The highest BCUT2D eigenvalue weighted by Gasteiger charge is 2.26. The fourth-order valence-electron chi connectivity index (χ4n) is 1.88. The fraction of sp³-hybridized carbons (Fsp3) is 0.462. The molecular formula is C13H18N2OS. The van der Waals surface area contributed by atoms with Crippen LogP contribution in [0.25, 0.3) is 0 Å². The Kier molecular flexibility index (Phi) is 4.45. The third-order valence-corrected chi connectivity index (χ3v) is 3.96. The van der Waals surface area contributed by atoms with Gasteiger partial charge in [-0.15, -0.1) is 11.8 Å². The van der Waals surface area contributed by atoms with Gasteiger partial charge in [0.15, 0.2) is 0 Å². The van der Waals surface area contributed by atoms with Gasteiger partial charge >= 0.3 is 0 Å². The van der Waals surface area contributed by atoms with Gasteiger partial charge in [0.1, 0.15) is 0 Å². The number of carbonyl (C=O) groups is 1. The van der Waals surface area contributed by atoms with Crippen LogP contribution < -0.4 is 5.32 Å². The van der Waals surface area contributed by atoms with Gasteiger partial charge in [0.2, 0.25) is 5.91 Å². The van der Waals surface area contributed by atoms with E-state index >= 15 is 0 Å². The molecule has 1 amide bonds. The predicted octanol–water partition coefficient (Wildman–Crippen LogP) is 1.60. The Balaban J connectivity index is 1.83. The smallest absolute Gasteiger partial charge is 0.233 e. The summed E-state index contributed by atoms with van der Waals surface area (Å²) in [7, 11) is 0. The van der Waals surface area contributed by atoms with Gasteiger partial charge in [0, 0.05) is 24.5 Å². The Morgan fingerprint density at radius 2 is 2.12 bits per heavy atom. The van der Waals surface area contributed by atoms with Crippen LogP contribution in [-0.2, 0) is 4.79 Å². The molecule has 1 aromatic rings. The maximum Gasteiger partial charge on any atom is 0.233 e. The summed E-state index contributed by atoms with van der Waals surface area (Å²) in [4.78, 5) is 15.2. The first-order valence-corrected chi connectivity index (χ1v) is 6.98. The highest BCUT2D eigenvalue weighted by Crippen LogP contribution is 2.18. The molecule has 0 saturated carbocycles. The lowest BCUT2D eigenvalue weighted by Crippen LogP contribution is -2.59. The summed E-state index contributed by atoms with van der Waals surface area (Å²) in [6.07, 6.45) is 0. The van der Waals surface area contributed by atoms with Crippen LogP contribution in [-0.4, -0.2) is 42.2 Å². The van der Waals surface area contributed by atoms with Crippen molar-refractivity contribution in [3.8, 4) is 0 Å². The molecule has 0 aromatic heterocycles. The fourth-order valence-corrected chi connectivity index (χ4v) is 2.68. The molecular weight excluding hydrogens is 232 g/mol. The van der Waals surface area contributed by atoms with Gasteiger partial charge in [-0.25, -0.2) is 0 Å². The van der Waals surface area contributed by atoms with Crippen LogP contribution in [0, 0.1) is 0 Å². The van der Waals surface area contributed by atoms with Crippen molar-refractivity contribution in [2.75, 3.05) is 25.4 Å². The molecule has 1 heterocycles. The molecule has 4 heteroatoms. The van der Waals surface area contributed by atoms with Gasteiger partial charge in [-0.1, -0.05) is 18.2 Å². The van der Waals surface area contributed by atoms with E-state index < -0.39 is 0 Å². The number of amides is 1. The molecule has 0 unspecified atom stereocenters. The van der Waals surface area contributed by atoms with E-state index in [1.54, 1.807) is 11.8 Å². The first-order chi connectivity index (χ1) is 8.31. The maximum atomic E-state index is 12.1. The monoisotopic (exact) mass is 250 g/mol. The summed E-state index contributed by atoms with van der Waals surface area (Å²) >= 11 is 1.61. The third kappa shape index (κ3) is 3.23. The molecule has 1 saturated heterocycles. The summed E-state index contributed by atoms with van der Waals surface area (Å²) in [6.45, 7) is 4.73. The molecule has 17 heavy (non-hydrogen) atoms. The topological polar surface area (TPSA) is 32.3 Å². The Morgan fingerprint density at radius 3 is 2.65 bits per heavy atom. The highest BCUT2D eigenvalue weighted by molar-refractivity contribution is 8.00. The first kappa shape index (κ1) is 12.5. The molecule has 92 valence electrons. The molecule has 0 spiro atoms.